The van der Waals surface area contributed by atoms with Gasteiger partial charge in [0.25, 0.3) is 0 Å². The van der Waals surface area contributed by atoms with Crippen molar-refractivity contribution < 1.29 is 29.3 Å². The van der Waals surface area contributed by atoms with Crippen molar-refractivity contribution in [2.75, 3.05) is 5.75 Å². The molecule has 1 amide bonds. The van der Waals surface area contributed by atoms with E-state index >= 15 is 0 Å². The number of rotatable bonds is 14. The molecule has 248 valence electrons. The molecular formula is C38H38N2O6S2. The number of aliphatic carboxylic acids is 1. The van der Waals surface area contributed by atoms with Gasteiger partial charge in [0.2, 0.25) is 5.91 Å². The molecular weight excluding hydrogens is 645 g/mol. The molecule has 0 spiro atoms. The molecule has 1 aliphatic rings. The molecule has 0 saturated carbocycles. The van der Waals surface area contributed by atoms with E-state index in [2.05, 4.69) is 29.6 Å². The summed E-state index contributed by atoms with van der Waals surface area (Å²) in [6, 6.07) is 32.3. The van der Waals surface area contributed by atoms with Crippen molar-refractivity contribution in [3.05, 3.63) is 119 Å². The van der Waals surface area contributed by atoms with Crippen LogP contribution < -0.4 is 5.32 Å². The van der Waals surface area contributed by atoms with Crippen LogP contribution in [0.4, 0.5) is 0 Å². The molecule has 0 radical (unpaired) electrons. The zero-order valence-electron chi connectivity index (χ0n) is 26.4. The first-order chi connectivity index (χ1) is 23.4. The summed E-state index contributed by atoms with van der Waals surface area (Å²) in [4.78, 5) is 27.8. The average molecular weight is 683 g/mol. The summed E-state index contributed by atoms with van der Waals surface area (Å²) in [6.45, 7) is 0.388. The molecule has 4 aromatic carbocycles. The summed E-state index contributed by atoms with van der Waals surface area (Å²) in [5.74, 6) is -0.195. The summed E-state index contributed by atoms with van der Waals surface area (Å²) in [5, 5.41) is 21.3. The summed E-state index contributed by atoms with van der Waals surface area (Å²) in [5.41, 5.74) is 6.82. The van der Waals surface area contributed by atoms with Gasteiger partial charge in [0.05, 0.1) is 29.0 Å². The van der Waals surface area contributed by atoms with Crippen LogP contribution in [-0.4, -0.2) is 38.9 Å². The zero-order chi connectivity index (χ0) is 33.3. The molecule has 0 bridgehead atoms. The van der Waals surface area contributed by atoms with Crippen LogP contribution >= 0.6 is 23.1 Å². The van der Waals surface area contributed by atoms with Gasteiger partial charge in [-0.1, -0.05) is 84.6 Å². The van der Waals surface area contributed by atoms with Crippen LogP contribution in [0.2, 0.25) is 0 Å². The molecule has 6 rings (SSSR count). The number of carbonyl (C=O) groups excluding carboxylic acids is 1. The van der Waals surface area contributed by atoms with E-state index in [-0.39, 0.29) is 31.1 Å². The van der Waals surface area contributed by atoms with Crippen molar-refractivity contribution in [1.82, 2.24) is 10.3 Å². The number of carboxylic acids is 1. The second-order valence-electron chi connectivity index (χ2n) is 11.8. The van der Waals surface area contributed by atoms with Gasteiger partial charge in [-0.15, -0.1) is 11.3 Å². The van der Waals surface area contributed by atoms with Crippen LogP contribution in [0, 0.1) is 0 Å². The number of ether oxygens (including phenoxy) is 2. The number of amides is 1. The minimum atomic E-state index is -0.842. The molecule has 1 aliphatic heterocycles. The van der Waals surface area contributed by atoms with Crippen LogP contribution in [0.15, 0.2) is 101 Å². The van der Waals surface area contributed by atoms with Gasteiger partial charge in [0.1, 0.15) is 0 Å². The van der Waals surface area contributed by atoms with E-state index in [1.807, 2.05) is 72.8 Å². The van der Waals surface area contributed by atoms with Crippen molar-refractivity contribution in [3.8, 4) is 11.1 Å². The number of aliphatic hydroxyl groups is 1. The number of hydrogen-bond acceptors (Lipinski definition) is 8. The lowest BCUT2D eigenvalue weighted by atomic mass is 9.99. The fourth-order valence-corrected chi connectivity index (χ4v) is 7.79. The Labute approximate surface area is 288 Å². The zero-order valence-corrected chi connectivity index (χ0v) is 28.1. The Hall–Kier alpha value is -4.06. The summed E-state index contributed by atoms with van der Waals surface area (Å²) in [7, 11) is 0. The Kier molecular flexibility index (Phi) is 11.5. The van der Waals surface area contributed by atoms with E-state index < -0.39 is 12.3 Å². The monoisotopic (exact) mass is 682 g/mol. The summed E-state index contributed by atoms with van der Waals surface area (Å²) >= 11 is 3.40. The van der Waals surface area contributed by atoms with Crippen molar-refractivity contribution in [2.24, 2.45) is 0 Å². The third-order valence-corrected chi connectivity index (χ3v) is 10.5. The number of carboxylic acid groups (broad SMARTS) is 1. The van der Waals surface area contributed by atoms with Gasteiger partial charge in [0.15, 0.2) is 10.6 Å². The quantitative estimate of drug-likeness (QED) is 0.0796. The third kappa shape index (κ3) is 9.09. The van der Waals surface area contributed by atoms with E-state index in [0.717, 1.165) is 49.0 Å². The minimum absolute atomic E-state index is 0.00602. The smallest absolute Gasteiger partial charge is 0.303 e. The molecule has 48 heavy (non-hydrogen) atoms. The first-order valence-corrected chi connectivity index (χ1v) is 17.9. The van der Waals surface area contributed by atoms with Gasteiger partial charge in [0, 0.05) is 37.1 Å². The second-order valence-corrected chi connectivity index (χ2v) is 14.1. The maximum absolute atomic E-state index is 12.3. The Morgan fingerprint density at radius 2 is 1.62 bits per heavy atom. The number of nitrogens with one attached hydrogen (secondary N) is 1. The normalized spacial score (nSPS) is 17.7. The lowest BCUT2D eigenvalue weighted by Gasteiger charge is -2.36. The minimum Gasteiger partial charge on any atom is -0.481 e. The number of fused-ring (bicyclic) bond motifs is 1. The highest BCUT2D eigenvalue weighted by atomic mass is 32.2. The molecule has 3 unspecified atom stereocenters. The number of carbonyl (C=O) groups is 2. The topological polar surface area (TPSA) is 118 Å². The Balaban J connectivity index is 1.15. The second kappa shape index (κ2) is 16.4. The fourth-order valence-electron chi connectivity index (χ4n) is 5.68. The maximum atomic E-state index is 12.3. The Bertz CT molecular complexity index is 1810. The predicted octanol–water partition coefficient (Wildman–Crippen LogP) is 8.05. The van der Waals surface area contributed by atoms with Crippen molar-refractivity contribution >= 4 is 45.2 Å². The Morgan fingerprint density at radius 1 is 0.854 bits per heavy atom. The average Bonchev–Trinajstić information content (AvgIpc) is 3.55. The van der Waals surface area contributed by atoms with E-state index in [1.165, 1.54) is 4.70 Å². The number of thiazole rings is 1. The highest BCUT2D eigenvalue weighted by molar-refractivity contribution is 8.01. The molecule has 5 aromatic rings. The summed E-state index contributed by atoms with van der Waals surface area (Å²) < 4.78 is 15.4. The fraction of sp³-hybridized carbons (Fsp3) is 0.289. The van der Waals surface area contributed by atoms with Gasteiger partial charge in [-0.05, 0) is 64.9 Å². The molecule has 3 atom stereocenters. The number of benzene rings is 4. The van der Waals surface area contributed by atoms with Crippen LogP contribution in [0.5, 0.6) is 0 Å². The van der Waals surface area contributed by atoms with Gasteiger partial charge in [-0.2, -0.15) is 0 Å². The molecule has 1 aromatic heterocycles. The number of thioether (sulfide) groups is 1. The number of para-hydroxylation sites is 1. The number of hydrogen-bond donors (Lipinski definition) is 3. The molecule has 10 heteroatoms. The molecule has 1 saturated heterocycles. The first kappa shape index (κ1) is 33.8. The van der Waals surface area contributed by atoms with Gasteiger partial charge in [-0.25, -0.2) is 4.98 Å². The number of unbranched alkanes of at least 4 members (excludes halogenated alkanes) is 1. The number of aliphatic hydroxyl groups excluding tert-OH is 1. The number of nitrogens with zero attached hydrogens (tertiary/aromatic N) is 1. The standard InChI is InChI=1S/C38H38N2O6S2/c41-23-25-15-17-27(18-16-25)33-21-31(24-47-38-40-32-11-1-2-12-34(32)48-38)45-37(46-33)30-10-6-9-29(20-30)28-8-5-7-26(19-28)22-39-35(42)13-3-4-14-36(43)44/h1-2,5-12,15-20,31,33,37,41H,3-4,13-14,21-24H2,(H,39,42)(H,43,44). The van der Waals surface area contributed by atoms with Crippen LogP contribution in [-0.2, 0) is 32.2 Å². The Morgan fingerprint density at radius 3 is 2.42 bits per heavy atom. The SMILES string of the molecule is O=C(O)CCCCC(=O)NCc1cccc(-c2cccc(C3OC(CSc4nc5ccccc5s4)CC(c4ccc(CO)cc4)O3)c2)c1. The molecule has 2 heterocycles. The molecule has 8 nitrogen and oxygen atoms in total. The van der Waals surface area contributed by atoms with E-state index in [9.17, 15) is 14.7 Å². The van der Waals surface area contributed by atoms with Crippen molar-refractivity contribution in [1.29, 1.82) is 0 Å². The highest BCUT2D eigenvalue weighted by Gasteiger charge is 2.32. The summed E-state index contributed by atoms with van der Waals surface area (Å²) in [6.07, 6.45) is 1.27. The number of aromatic nitrogens is 1. The molecule has 1 fully saturated rings. The van der Waals surface area contributed by atoms with E-state index in [4.69, 9.17) is 19.6 Å². The predicted molar refractivity (Wildman–Crippen MR) is 189 cm³/mol. The first-order valence-electron chi connectivity index (χ1n) is 16.1. The van der Waals surface area contributed by atoms with E-state index in [1.54, 1.807) is 23.1 Å². The molecule has 0 aliphatic carbocycles. The largest absolute Gasteiger partial charge is 0.481 e. The highest BCUT2D eigenvalue weighted by Crippen LogP contribution is 2.41. The van der Waals surface area contributed by atoms with Gasteiger partial charge in [-0.3, -0.25) is 9.59 Å². The van der Waals surface area contributed by atoms with Crippen LogP contribution in [0.1, 0.15) is 66.8 Å². The van der Waals surface area contributed by atoms with Gasteiger partial charge >= 0.3 is 5.97 Å². The lowest BCUT2D eigenvalue weighted by molar-refractivity contribution is -0.245. The van der Waals surface area contributed by atoms with Gasteiger partial charge < -0.3 is 25.0 Å². The molecule has 3 N–H and O–H groups in total. The lowest BCUT2D eigenvalue weighted by Crippen LogP contribution is -2.31. The van der Waals surface area contributed by atoms with E-state index in [0.29, 0.717) is 32.2 Å². The van der Waals surface area contributed by atoms with Crippen molar-refractivity contribution in [3.63, 3.8) is 0 Å². The van der Waals surface area contributed by atoms with Crippen LogP contribution in [0.25, 0.3) is 21.3 Å². The van der Waals surface area contributed by atoms with Crippen LogP contribution in [0.3, 0.4) is 0 Å². The van der Waals surface area contributed by atoms with Crippen molar-refractivity contribution in [2.45, 2.75) is 68.1 Å². The third-order valence-electron chi connectivity index (χ3n) is 8.24. The maximum Gasteiger partial charge on any atom is 0.303 e.